The first kappa shape index (κ1) is 25.1. The van der Waals surface area contributed by atoms with E-state index >= 15 is 0 Å². The summed E-state index contributed by atoms with van der Waals surface area (Å²) in [5, 5.41) is 7.46. The maximum absolute atomic E-state index is 13.0. The summed E-state index contributed by atoms with van der Waals surface area (Å²) in [5.74, 6) is 0.684. The summed E-state index contributed by atoms with van der Waals surface area (Å²) in [6, 6.07) is 6.02. The number of rotatable bonds is 8. The van der Waals surface area contributed by atoms with Gasteiger partial charge in [0, 0.05) is 38.1 Å². The summed E-state index contributed by atoms with van der Waals surface area (Å²) >= 11 is 0. The molecule has 0 spiro atoms. The van der Waals surface area contributed by atoms with Crippen LogP contribution in [-0.2, 0) is 0 Å². The molecule has 2 aliphatic rings. The number of hydrogen-bond donors (Lipinski definition) is 4. The average molecular weight is 482 g/mol. The maximum Gasteiger partial charge on any atom is 0.289 e. The van der Waals surface area contributed by atoms with E-state index in [-0.39, 0.29) is 29.8 Å². The van der Waals surface area contributed by atoms with E-state index in [1.54, 1.807) is 0 Å². The lowest BCUT2D eigenvalue weighted by atomic mass is 9.90. The number of hydrogen-bond acceptors (Lipinski definition) is 7. The van der Waals surface area contributed by atoms with Gasteiger partial charge in [-0.05, 0) is 51.9 Å². The fourth-order valence-corrected chi connectivity index (χ4v) is 4.91. The summed E-state index contributed by atoms with van der Waals surface area (Å²) < 4.78 is 0. The SMILES string of the molecule is Cc1ccc2nc(C(=O)NCCCN3CCN(C)CC3)nc(NC3CCCCC3N=C(N)N)c2c1. The first-order valence-corrected chi connectivity index (χ1v) is 12.7. The zero-order valence-electron chi connectivity index (χ0n) is 21.0. The van der Waals surface area contributed by atoms with E-state index in [1.165, 1.54) is 0 Å². The monoisotopic (exact) mass is 481 g/mol. The topological polar surface area (TPSA) is 138 Å². The normalized spacial score (nSPS) is 21.5. The fourth-order valence-electron chi connectivity index (χ4n) is 4.91. The minimum Gasteiger partial charge on any atom is -0.370 e. The molecule has 2 aromatic rings. The van der Waals surface area contributed by atoms with E-state index in [9.17, 15) is 4.79 Å². The van der Waals surface area contributed by atoms with Crippen molar-refractivity contribution in [2.24, 2.45) is 16.5 Å². The molecule has 1 saturated carbocycles. The minimum absolute atomic E-state index is 0.0181. The molecule has 1 aliphatic heterocycles. The number of aromatic nitrogens is 2. The molecule has 1 saturated heterocycles. The van der Waals surface area contributed by atoms with Crippen LogP contribution in [0.4, 0.5) is 5.82 Å². The third-order valence-corrected chi connectivity index (χ3v) is 6.95. The number of nitrogens with two attached hydrogens (primary N) is 2. The van der Waals surface area contributed by atoms with Gasteiger partial charge in [0.1, 0.15) is 5.82 Å². The van der Waals surface area contributed by atoms with Crippen LogP contribution in [0.3, 0.4) is 0 Å². The zero-order valence-corrected chi connectivity index (χ0v) is 21.0. The number of piperazine rings is 1. The van der Waals surface area contributed by atoms with Gasteiger partial charge in [0.2, 0.25) is 5.82 Å². The van der Waals surface area contributed by atoms with Crippen LogP contribution in [0.25, 0.3) is 10.9 Å². The van der Waals surface area contributed by atoms with Crippen molar-refractivity contribution in [2.75, 3.05) is 51.6 Å². The molecular weight excluding hydrogens is 442 g/mol. The van der Waals surface area contributed by atoms with Gasteiger partial charge in [-0.1, -0.05) is 24.5 Å². The number of fused-ring (bicyclic) bond motifs is 1. The molecule has 2 fully saturated rings. The molecule has 4 rings (SSSR count). The molecule has 2 unspecified atom stereocenters. The van der Waals surface area contributed by atoms with Gasteiger partial charge in [-0.2, -0.15) is 0 Å². The Morgan fingerprint density at radius 1 is 1.14 bits per heavy atom. The summed E-state index contributed by atoms with van der Waals surface area (Å²) in [6.07, 6.45) is 4.93. The molecule has 1 aliphatic carbocycles. The number of carbonyl (C=O) groups is 1. The number of carbonyl (C=O) groups excluding carboxylic acids is 1. The Morgan fingerprint density at radius 2 is 1.91 bits per heavy atom. The predicted molar refractivity (Wildman–Crippen MR) is 141 cm³/mol. The van der Waals surface area contributed by atoms with Crippen LogP contribution in [0.2, 0.25) is 0 Å². The Labute approximate surface area is 207 Å². The van der Waals surface area contributed by atoms with E-state index in [1.807, 2.05) is 25.1 Å². The van der Waals surface area contributed by atoms with Crippen molar-refractivity contribution in [3.63, 3.8) is 0 Å². The molecule has 35 heavy (non-hydrogen) atoms. The zero-order chi connectivity index (χ0) is 24.8. The first-order chi connectivity index (χ1) is 16.9. The highest BCUT2D eigenvalue weighted by Crippen LogP contribution is 2.28. The second-order valence-corrected chi connectivity index (χ2v) is 9.83. The van der Waals surface area contributed by atoms with Crippen LogP contribution in [0.1, 0.15) is 48.3 Å². The molecule has 2 heterocycles. The Kier molecular flexibility index (Phi) is 8.35. The van der Waals surface area contributed by atoms with Gasteiger partial charge < -0.3 is 31.9 Å². The number of nitrogens with zero attached hydrogens (tertiary/aromatic N) is 5. The van der Waals surface area contributed by atoms with Gasteiger partial charge in [0.15, 0.2) is 5.96 Å². The highest BCUT2D eigenvalue weighted by atomic mass is 16.2. The van der Waals surface area contributed by atoms with Gasteiger partial charge in [-0.25, -0.2) is 15.0 Å². The minimum atomic E-state index is -0.252. The van der Waals surface area contributed by atoms with Gasteiger partial charge >= 0.3 is 0 Å². The molecule has 0 bridgehead atoms. The molecule has 6 N–H and O–H groups in total. The molecule has 1 amide bonds. The van der Waals surface area contributed by atoms with Crippen molar-refractivity contribution in [2.45, 2.75) is 51.1 Å². The molecule has 1 aromatic carbocycles. The highest BCUT2D eigenvalue weighted by Gasteiger charge is 2.26. The van der Waals surface area contributed by atoms with Crippen molar-refractivity contribution in [3.05, 3.63) is 29.6 Å². The number of aliphatic imine (C=N–C) groups is 1. The molecule has 10 heteroatoms. The van der Waals surface area contributed by atoms with Gasteiger partial charge in [-0.3, -0.25) is 4.79 Å². The first-order valence-electron chi connectivity index (χ1n) is 12.7. The van der Waals surface area contributed by atoms with Crippen molar-refractivity contribution < 1.29 is 4.79 Å². The third-order valence-electron chi connectivity index (χ3n) is 6.95. The van der Waals surface area contributed by atoms with Crippen LogP contribution in [-0.4, -0.2) is 90.0 Å². The van der Waals surface area contributed by atoms with Crippen molar-refractivity contribution in [1.82, 2.24) is 25.1 Å². The second-order valence-electron chi connectivity index (χ2n) is 9.83. The van der Waals surface area contributed by atoms with E-state index in [4.69, 9.17) is 11.5 Å². The largest absolute Gasteiger partial charge is 0.370 e. The maximum atomic E-state index is 13.0. The smallest absolute Gasteiger partial charge is 0.289 e. The fraction of sp³-hybridized carbons (Fsp3) is 0.600. The lowest BCUT2D eigenvalue weighted by Crippen LogP contribution is -2.45. The average Bonchev–Trinajstić information content (AvgIpc) is 2.84. The number of anilines is 1. The van der Waals surface area contributed by atoms with Crippen LogP contribution >= 0.6 is 0 Å². The van der Waals surface area contributed by atoms with E-state index < -0.39 is 0 Å². The molecular formula is C25H39N9O. The van der Waals surface area contributed by atoms with Crippen molar-refractivity contribution >= 4 is 28.6 Å². The molecule has 10 nitrogen and oxygen atoms in total. The number of nitrogens with one attached hydrogen (secondary N) is 2. The van der Waals surface area contributed by atoms with Crippen LogP contribution in [0.15, 0.2) is 23.2 Å². The Bertz CT molecular complexity index is 1040. The van der Waals surface area contributed by atoms with Crippen LogP contribution in [0, 0.1) is 6.92 Å². The number of benzene rings is 1. The number of guanidine groups is 1. The number of aryl methyl sites for hydroxylation is 1. The van der Waals surface area contributed by atoms with Crippen LogP contribution < -0.4 is 22.1 Å². The van der Waals surface area contributed by atoms with Gasteiger partial charge in [0.25, 0.3) is 5.91 Å². The lowest BCUT2D eigenvalue weighted by molar-refractivity contribution is 0.0939. The standard InChI is InChI=1S/C25H39N9O/c1-17-8-9-19-18(16-17)22(30-20-6-3-4-7-21(20)31-25(26)27)32-23(29-19)24(35)28-10-5-11-34-14-12-33(2)13-15-34/h8-9,16,20-21H,3-7,10-15H2,1-2H3,(H,28,35)(H4,26,27,31)(H,29,30,32). The number of likely N-dealkylation sites (N-methyl/N-ethyl adjacent to an activating group) is 1. The highest BCUT2D eigenvalue weighted by molar-refractivity contribution is 5.96. The Hall–Kier alpha value is -2.98. The lowest BCUT2D eigenvalue weighted by Gasteiger charge is -2.32. The molecule has 2 atom stereocenters. The molecule has 190 valence electrons. The second kappa shape index (κ2) is 11.6. The summed E-state index contributed by atoms with van der Waals surface area (Å²) in [4.78, 5) is 31.4. The van der Waals surface area contributed by atoms with E-state index in [0.29, 0.717) is 12.4 Å². The summed E-state index contributed by atoms with van der Waals surface area (Å²) in [7, 11) is 2.15. The van der Waals surface area contributed by atoms with E-state index in [0.717, 1.165) is 81.3 Å². The van der Waals surface area contributed by atoms with Gasteiger partial charge in [0.05, 0.1) is 17.6 Å². The number of amides is 1. The summed E-state index contributed by atoms with van der Waals surface area (Å²) in [5.41, 5.74) is 13.2. The molecule has 0 radical (unpaired) electrons. The van der Waals surface area contributed by atoms with Crippen LogP contribution in [0.5, 0.6) is 0 Å². The summed E-state index contributed by atoms with van der Waals surface area (Å²) in [6.45, 7) is 7.95. The van der Waals surface area contributed by atoms with Crippen molar-refractivity contribution in [3.8, 4) is 0 Å². The quantitative estimate of drug-likeness (QED) is 0.251. The van der Waals surface area contributed by atoms with Crippen molar-refractivity contribution in [1.29, 1.82) is 0 Å². The van der Waals surface area contributed by atoms with Gasteiger partial charge in [-0.15, -0.1) is 0 Å². The molecule has 1 aromatic heterocycles. The van der Waals surface area contributed by atoms with E-state index in [2.05, 4.69) is 42.4 Å². The Balaban J connectivity index is 1.46. The predicted octanol–water partition coefficient (Wildman–Crippen LogP) is 1.30. The Morgan fingerprint density at radius 3 is 2.69 bits per heavy atom. The third kappa shape index (κ3) is 6.79.